The molecule has 0 aromatic rings. The molecule has 0 bridgehead atoms. The number of hydrogen-bond donors (Lipinski definition) is 1. The minimum absolute atomic E-state index is 0.328. The molecule has 0 saturated carbocycles. The average molecular weight is 264 g/mol. The van der Waals surface area contributed by atoms with Crippen LogP contribution in [0.2, 0.25) is 0 Å². The summed E-state index contributed by atoms with van der Waals surface area (Å²) in [6.45, 7) is 6.93. The first-order valence-corrected chi connectivity index (χ1v) is 6.91. The van der Waals surface area contributed by atoms with Crippen molar-refractivity contribution < 1.29 is 24.4 Å². The van der Waals surface area contributed by atoms with Crippen molar-refractivity contribution in [2.24, 2.45) is 0 Å². The minimum atomic E-state index is 0.328. The van der Waals surface area contributed by atoms with Crippen LogP contribution in [0.1, 0.15) is 39.0 Å². The van der Waals surface area contributed by atoms with E-state index >= 15 is 0 Å². The monoisotopic (exact) mass is 264 g/mol. The molecule has 0 fully saturated rings. The van der Waals surface area contributed by atoms with Crippen molar-refractivity contribution in [2.45, 2.75) is 39.0 Å². The SMILES string of the molecule is CCCCOCCCOCCCOCCCOO. The molecule has 0 saturated heterocycles. The highest BCUT2D eigenvalue weighted by Gasteiger charge is 1.93. The first-order valence-electron chi connectivity index (χ1n) is 6.91. The molecule has 0 unspecified atom stereocenters. The summed E-state index contributed by atoms with van der Waals surface area (Å²) in [5, 5.41) is 8.07. The van der Waals surface area contributed by atoms with Gasteiger partial charge in [-0.15, -0.1) is 0 Å². The summed E-state index contributed by atoms with van der Waals surface area (Å²) in [6, 6.07) is 0. The number of ether oxygens (including phenoxy) is 3. The van der Waals surface area contributed by atoms with E-state index in [0.717, 1.165) is 45.7 Å². The van der Waals surface area contributed by atoms with Crippen LogP contribution in [-0.4, -0.2) is 51.5 Å². The Morgan fingerprint density at radius 3 is 1.39 bits per heavy atom. The van der Waals surface area contributed by atoms with E-state index in [1.54, 1.807) is 0 Å². The maximum absolute atomic E-state index is 8.07. The van der Waals surface area contributed by atoms with Gasteiger partial charge in [0.25, 0.3) is 0 Å². The lowest BCUT2D eigenvalue weighted by molar-refractivity contribution is -0.244. The van der Waals surface area contributed by atoms with E-state index in [-0.39, 0.29) is 0 Å². The van der Waals surface area contributed by atoms with Crippen molar-refractivity contribution in [1.29, 1.82) is 0 Å². The first-order chi connectivity index (χ1) is 8.91. The van der Waals surface area contributed by atoms with Crippen molar-refractivity contribution in [3.8, 4) is 0 Å². The lowest BCUT2D eigenvalue weighted by atomic mass is 10.4. The van der Waals surface area contributed by atoms with Crippen LogP contribution >= 0.6 is 0 Å². The first kappa shape index (κ1) is 17.8. The van der Waals surface area contributed by atoms with Gasteiger partial charge in [0.15, 0.2) is 0 Å². The summed E-state index contributed by atoms with van der Waals surface area (Å²) < 4.78 is 16.2. The van der Waals surface area contributed by atoms with Crippen LogP contribution in [0, 0.1) is 0 Å². The third kappa shape index (κ3) is 15.8. The zero-order valence-electron chi connectivity index (χ0n) is 11.6. The summed E-state index contributed by atoms with van der Waals surface area (Å²) in [4.78, 5) is 3.93. The smallest absolute Gasteiger partial charge is 0.0841 e. The molecule has 18 heavy (non-hydrogen) atoms. The lowest BCUT2D eigenvalue weighted by Gasteiger charge is -2.06. The molecule has 0 amide bonds. The van der Waals surface area contributed by atoms with Crippen LogP contribution in [0.15, 0.2) is 0 Å². The van der Waals surface area contributed by atoms with E-state index in [2.05, 4.69) is 11.8 Å². The summed E-state index contributed by atoms with van der Waals surface area (Å²) in [5.74, 6) is 0. The lowest BCUT2D eigenvalue weighted by Crippen LogP contribution is -2.06. The molecule has 0 heterocycles. The van der Waals surface area contributed by atoms with E-state index in [1.165, 1.54) is 6.42 Å². The number of hydrogen-bond acceptors (Lipinski definition) is 5. The molecule has 110 valence electrons. The van der Waals surface area contributed by atoms with E-state index in [0.29, 0.717) is 26.2 Å². The third-order valence-electron chi connectivity index (χ3n) is 2.32. The molecule has 0 aliphatic carbocycles. The van der Waals surface area contributed by atoms with Gasteiger partial charge in [-0.2, -0.15) is 0 Å². The van der Waals surface area contributed by atoms with Gasteiger partial charge in [0, 0.05) is 39.6 Å². The second-order valence-corrected chi connectivity index (χ2v) is 4.08. The van der Waals surface area contributed by atoms with Crippen LogP contribution in [0.4, 0.5) is 0 Å². The van der Waals surface area contributed by atoms with Gasteiger partial charge in [0.05, 0.1) is 6.61 Å². The molecule has 0 aliphatic rings. The fourth-order valence-electron chi connectivity index (χ4n) is 1.30. The highest BCUT2D eigenvalue weighted by atomic mass is 17.1. The van der Waals surface area contributed by atoms with Crippen LogP contribution in [0.3, 0.4) is 0 Å². The van der Waals surface area contributed by atoms with Crippen molar-refractivity contribution in [2.75, 3.05) is 46.2 Å². The standard InChI is InChI=1S/C13H28O5/c1-2-3-7-15-8-4-9-16-10-5-11-17-12-6-13-18-14/h14H,2-13H2,1H3. The van der Waals surface area contributed by atoms with Crippen molar-refractivity contribution in [3.05, 3.63) is 0 Å². The Morgan fingerprint density at radius 1 is 0.611 bits per heavy atom. The van der Waals surface area contributed by atoms with Gasteiger partial charge in [0.2, 0.25) is 0 Å². The Bertz CT molecular complexity index is 127. The molecular weight excluding hydrogens is 236 g/mol. The third-order valence-corrected chi connectivity index (χ3v) is 2.32. The van der Waals surface area contributed by atoms with Crippen LogP contribution in [0.5, 0.6) is 0 Å². The van der Waals surface area contributed by atoms with Crippen LogP contribution in [-0.2, 0) is 19.1 Å². The highest BCUT2D eigenvalue weighted by molar-refractivity contribution is 4.39. The molecule has 1 N–H and O–H groups in total. The van der Waals surface area contributed by atoms with Crippen molar-refractivity contribution in [3.63, 3.8) is 0 Å². The summed E-state index contributed by atoms with van der Waals surface area (Å²) >= 11 is 0. The normalized spacial score (nSPS) is 11.0. The Kier molecular flexibility index (Phi) is 16.6. The molecule has 0 aromatic heterocycles. The molecule has 0 aromatic carbocycles. The van der Waals surface area contributed by atoms with Gasteiger partial charge < -0.3 is 14.2 Å². The van der Waals surface area contributed by atoms with Gasteiger partial charge >= 0.3 is 0 Å². The quantitative estimate of drug-likeness (QED) is 0.280. The second-order valence-electron chi connectivity index (χ2n) is 4.08. The molecule has 0 radical (unpaired) electrons. The zero-order valence-corrected chi connectivity index (χ0v) is 11.6. The van der Waals surface area contributed by atoms with Gasteiger partial charge in [0.1, 0.15) is 0 Å². The maximum Gasteiger partial charge on any atom is 0.0841 e. The predicted molar refractivity (Wildman–Crippen MR) is 69.8 cm³/mol. The summed E-state index contributed by atoms with van der Waals surface area (Å²) in [7, 11) is 0. The maximum atomic E-state index is 8.07. The fourth-order valence-corrected chi connectivity index (χ4v) is 1.30. The minimum Gasteiger partial charge on any atom is -0.381 e. The molecule has 5 heteroatoms. The predicted octanol–water partition coefficient (Wildman–Crippen LogP) is 2.50. The Hall–Kier alpha value is -0.200. The Morgan fingerprint density at radius 2 is 1.00 bits per heavy atom. The van der Waals surface area contributed by atoms with Crippen LogP contribution < -0.4 is 0 Å². The van der Waals surface area contributed by atoms with Crippen molar-refractivity contribution >= 4 is 0 Å². The van der Waals surface area contributed by atoms with Gasteiger partial charge in [-0.05, 0) is 25.7 Å². The number of unbranched alkanes of at least 4 members (excludes halogenated alkanes) is 1. The Balaban J connectivity index is 2.86. The average Bonchev–Trinajstić information content (AvgIpc) is 2.39. The topological polar surface area (TPSA) is 57.2 Å². The van der Waals surface area contributed by atoms with E-state index in [1.807, 2.05) is 0 Å². The molecule has 0 spiro atoms. The van der Waals surface area contributed by atoms with Gasteiger partial charge in [-0.3, -0.25) is 5.26 Å². The second kappa shape index (κ2) is 16.8. The largest absolute Gasteiger partial charge is 0.381 e. The van der Waals surface area contributed by atoms with Gasteiger partial charge in [-0.25, -0.2) is 4.89 Å². The van der Waals surface area contributed by atoms with Crippen molar-refractivity contribution in [1.82, 2.24) is 0 Å². The molecular formula is C13H28O5. The molecule has 0 atom stereocenters. The van der Waals surface area contributed by atoms with Crippen LogP contribution in [0.25, 0.3) is 0 Å². The highest BCUT2D eigenvalue weighted by Crippen LogP contribution is 1.92. The van der Waals surface area contributed by atoms with E-state index < -0.39 is 0 Å². The van der Waals surface area contributed by atoms with E-state index in [4.69, 9.17) is 19.5 Å². The summed E-state index contributed by atoms with van der Waals surface area (Å²) in [6.07, 6.45) is 4.89. The zero-order chi connectivity index (χ0) is 13.3. The molecule has 5 nitrogen and oxygen atoms in total. The molecule has 0 aliphatic heterocycles. The van der Waals surface area contributed by atoms with E-state index in [9.17, 15) is 0 Å². The number of rotatable bonds is 15. The summed E-state index contributed by atoms with van der Waals surface area (Å²) in [5.41, 5.74) is 0. The fraction of sp³-hybridized carbons (Fsp3) is 1.00. The Labute approximate surface area is 110 Å². The molecule has 0 rings (SSSR count). The van der Waals surface area contributed by atoms with Gasteiger partial charge in [-0.1, -0.05) is 13.3 Å².